The molecule has 8 nitrogen and oxygen atoms in total. The van der Waals surface area contributed by atoms with Gasteiger partial charge in [0.1, 0.15) is 0 Å². The summed E-state index contributed by atoms with van der Waals surface area (Å²) in [5.41, 5.74) is 2.15. The van der Waals surface area contributed by atoms with Crippen molar-refractivity contribution >= 4 is 34.5 Å². The third-order valence-electron chi connectivity index (χ3n) is 5.94. The molecular weight excluding hydrogens is 490 g/mol. The molecule has 0 radical (unpaired) electrons. The van der Waals surface area contributed by atoms with Crippen molar-refractivity contribution in [2.75, 3.05) is 50.5 Å². The topological polar surface area (TPSA) is 83.5 Å². The Labute approximate surface area is 212 Å². The number of nitrogens with one attached hydrogen (secondary N) is 1. The Hall–Kier alpha value is -3.02. The summed E-state index contributed by atoms with van der Waals surface area (Å²) in [7, 11) is 0. The summed E-state index contributed by atoms with van der Waals surface area (Å²) in [6, 6.07) is 10.2. The summed E-state index contributed by atoms with van der Waals surface area (Å²) in [5.74, 6) is -1.65. The molecule has 11 heteroatoms. The molecule has 4 rings (SSSR count). The normalized spacial score (nSPS) is 17.5. The molecule has 0 saturated carbocycles. The van der Waals surface area contributed by atoms with Crippen LogP contribution >= 0.6 is 11.8 Å². The Morgan fingerprint density at radius 3 is 2.78 bits per heavy atom. The van der Waals surface area contributed by atoms with Gasteiger partial charge in [-0.1, -0.05) is 23.9 Å². The van der Waals surface area contributed by atoms with Gasteiger partial charge in [-0.25, -0.2) is 18.6 Å². The Bertz CT molecular complexity index is 1130. The number of amides is 2. The predicted molar refractivity (Wildman–Crippen MR) is 134 cm³/mol. The molecule has 192 valence electrons. The molecule has 2 aliphatic heterocycles. The van der Waals surface area contributed by atoms with Crippen LogP contribution in [0.3, 0.4) is 0 Å². The lowest BCUT2D eigenvalue weighted by Gasteiger charge is -2.29. The molecule has 1 saturated heterocycles. The van der Waals surface area contributed by atoms with Gasteiger partial charge in [-0.3, -0.25) is 15.0 Å². The number of rotatable bonds is 8. The fourth-order valence-corrected chi connectivity index (χ4v) is 4.72. The Morgan fingerprint density at radius 2 is 2.00 bits per heavy atom. The maximum Gasteiger partial charge on any atom is 0.411 e. The highest BCUT2D eigenvalue weighted by Crippen LogP contribution is 2.30. The van der Waals surface area contributed by atoms with Gasteiger partial charge in [0.05, 0.1) is 31.6 Å². The molecule has 0 aromatic heterocycles. The Balaban J connectivity index is 1.35. The second kappa shape index (κ2) is 12.3. The highest BCUT2D eigenvalue weighted by Gasteiger charge is 2.28. The van der Waals surface area contributed by atoms with Crippen LogP contribution in [0.2, 0.25) is 0 Å². The molecule has 1 N–H and O–H groups in total. The zero-order chi connectivity index (χ0) is 25.5. The summed E-state index contributed by atoms with van der Waals surface area (Å²) >= 11 is 1.04. The quantitative estimate of drug-likeness (QED) is 0.502. The largest absolute Gasteiger partial charge is 0.449 e. The summed E-state index contributed by atoms with van der Waals surface area (Å²) in [6.45, 7) is 6.20. The van der Waals surface area contributed by atoms with Crippen LogP contribution in [-0.2, 0) is 9.47 Å². The number of anilines is 1. The maximum atomic E-state index is 13.7. The Kier molecular flexibility index (Phi) is 8.89. The summed E-state index contributed by atoms with van der Waals surface area (Å²) in [4.78, 5) is 27.1. The van der Waals surface area contributed by atoms with Crippen molar-refractivity contribution < 1.29 is 27.8 Å². The van der Waals surface area contributed by atoms with E-state index < -0.39 is 23.8 Å². The number of ether oxygens (including phenoxy) is 2. The summed E-state index contributed by atoms with van der Waals surface area (Å²) in [5, 5.41) is 8.20. The molecule has 2 aromatic carbocycles. The molecule has 36 heavy (non-hydrogen) atoms. The van der Waals surface area contributed by atoms with Crippen molar-refractivity contribution in [3.8, 4) is 0 Å². The van der Waals surface area contributed by atoms with E-state index >= 15 is 0 Å². The average molecular weight is 519 g/mol. The third kappa shape index (κ3) is 6.80. The van der Waals surface area contributed by atoms with Crippen molar-refractivity contribution in [3.63, 3.8) is 0 Å². The van der Waals surface area contributed by atoms with Crippen LogP contribution < -0.4 is 5.32 Å². The number of thioether (sulfide) groups is 1. The lowest BCUT2D eigenvalue weighted by Crippen LogP contribution is -2.37. The Morgan fingerprint density at radius 1 is 1.19 bits per heavy atom. The molecule has 2 aliphatic rings. The van der Waals surface area contributed by atoms with Crippen LogP contribution in [0.15, 0.2) is 47.6 Å². The number of hydrogen-bond acceptors (Lipinski definition) is 7. The molecule has 0 aliphatic carbocycles. The predicted octanol–water partition coefficient (Wildman–Crippen LogP) is 4.87. The van der Waals surface area contributed by atoms with Gasteiger partial charge in [0.25, 0.3) is 0 Å². The molecule has 1 atom stereocenters. The smallest absolute Gasteiger partial charge is 0.411 e. The second-order valence-corrected chi connectivity index (χ2v) is 9.37. The minimum atomic E-state index is -0.969. The zero-order valence-corrected chi connectivity index (χ0v) is 20.7. The van der Waals surface area contributed by atoms with Gasteiger partial charge in [0.15, 0.2) is 11.6 Å². The van der Waals surface area contributed by atoms with E-state index in [0.29, 0.717) is 23.6 Å². The number of halogens is 2. The van der Waals surface area contributed by atoms with Gasteiger partial charge in [-0.15, -0.1) is 0 Å². The van der Waals surface area contributed by atoms with Crippen molar-refractivity contribution in [2.45, 2.75) is 19.4 Å². The van der Waals surface area contributed by atoms with Crippen LogP contribution in [0, 0.1) is 11.6 Å². The van der Waals surface area contributed by atoms with Crippen LogP contribution in [0.4, 0.5) is 24.1 Å². The highest BCUT2D eigenvalue weighted by atomic mass is 32.2. The lowest BCUT2D eigenvalue weighted by atomic mass is 10.1. The van der Waals surface area contributed by atoms with E-state index in [1.54, 1.807) is 25.1 Å². The van der Waals surface area contributed by atoms with Gasteiger partial charge < -0.3 is 9.47 Å². The van der Waals surface area contributed by atoms with E-state index in [4.69, 9.17) is 9.47 Å². The number of carbonyl (C=O) groups excluding carboxylic acids is 2. The van der Waals surface area contributed by atoms with Crippen LogP contribution in [0.5, 0.6) is 0 Å². The molecule has 0 spiro atoms. The second-order valence-electron chi connectivity index (χ2n) is 8.44. The van der Waals surface area contributed by atoms with Crippen LogP contribution in [0.25, 0.3) is 0 Å². The first-order valence-electron chi connectivity index (χ1n) is 11.7. The van der Waals surface area contributed by atoms with Crippen molar-refractivity contribution in [1.29, 1.82) is 0 Å². The van der Waals surface area contributed by atoms with Crippen molar-refractivity contribution in [1.82, 2.24) is 9.91 Å². The van der Waals surface area contributed by atoms with E-state index in [1.807, 2.05) is 6.07 Å². The zero-order valence-electron chi connectivity index (χ0n) is 19.9. The number of nitrogens with zero attached hydrogens (tertiary/aromatic N) is 3. The first-order valence-corrected chi connectivity index (χ1v) is 12.7. The lowest BCUT2D eigenvalue weighted by molar-refractivity contribution is 0.0348. The van der Waals surface area contributed by atoms with E-state index in [1.165, 1.54) is 11.1 Å². The summed E-state index contributed by atoms with van der Waals surface area (Å²) in [6.07, 6.45) is 0.183. The third-order valence-corrected chi connectivity index (χ3v) is 6.79. The fraction of sp³-hybridized carbons (Fsp3) is 0.400. The first-order chi connectivity index (χ1) is 17.4. The van der Waals surface area contributed by atoms with Gasteiger partial charge in [0.2, 0.25) is 0 Å². The highest BCUT2D eigenvalue weighted by molar-refractivity contribution is 8.14. The summed E-state index contributed by atoms with van der Waals surface area (Å²) < 4.78 is 37.6. The van der Waals surface area contributed by atoms with Gasteiger partial charge in [-0.2, -0.15) is 5.10 Å². The SMILES string of the molecule is CC(c1cccc(NC(=O)OCCCN2CCOCC2)c1)N1N=C(c2ccc(F)c(F)c2)CSC1=O. The fourth-order valence-electron chi connectivity index (χ4n) is 3.91. The van der Waals surface area contributed by atoms with Crippen LogP contribution in [0.1, 0.15) is 30.5 Å². The van der Waals surface area contributed by atoms with Crippen LogP contribution in [-0.4, -0.2) is 72.2 Å². The van der Waals surface area contributed by atoms with Crippen molar-refractivity contribution in [3.05, 3.63) is 65.2 Å². The minimum absolute atomic E-state index is 0.256. The number of hydrazone groups is 1. The number of carbonyl (C=O) groups is 2. The van der Waals surface area contributed by atoms with E-state index in [9.17, 15) is 18.4 Å². The van der Waals surface area contributed by atoms with Gasteiger partial charge in [0, 0.05) is 36.6 Å². The van der Waals surface area contributed by atoms with E-state index in [2.05, 4.69) is 15.3 Å². The van der Waals surface area contributed by atoms with Gasteiger partial charge >= 0.3 is 11.3 Å². The number of morpholine rings is 1. The average Bonchev–Trinajstić information content (AvgIpc) is 2.89. The number of hydrogen-bond donors (Lipinski definition) is 1. The molecular formula is C25H28F2N4O4S. The first kappa shape index (κ1) is 26.1. The molecule has 2 aromatic rings. The molecule has 0 bridgehead atoms. The number of benzene rings is 2. The standard InChI is InChI=1S/C25H28F2N4O4S/c1-17(31-25(33)36-16-23(29-31)19-6-7-21(26)22(27)15-19)18-4-2-5-20(14-18)28-24(32)35-11-3-8-30-9-12-34-13-10-30/h2,4-7,14-15,17H,3,8-13,16H2,1H3,(H,28,32). The van der Waals surface area contributed by atoms with E-state index in [0.717, 1.165) is 68.7 Å². The van der Waals surface area contributed by atoms with E-state index in [-0.39, 0.29) is 11.0 Å². The molecule has 1 unspecified atom stereocenters. The molecule has 2 heterocycles. The monoisotopic (exact) mass is 518 g/mol. The van der Waals surface area contributed by atoms with Gasteiger partial charge in [-0.05, 0) is 49.2 Å². The van der Waals surface area contributed by atoms with Crippen molar-refractivity contribution in [2.24, 2.45) is 5.10 Å². The molecule has 1 fully saturated rings. The minimum Gasteiger partial charge on any atom is -0.449 e. The molecule has 2 amide bonds. The maximum absolute atomic E-state index is 13.7.